The number of carbonyl (C=O) groups is 1. The van der Waals surface area contributed by atoms with Crippen molar-refractivity contribution in [1.82, 2.24) is 14.2 Å². The number of carbonyl (C=O) groups excluding carboxylic acids is 1. The van der Waals surface area contributed by atoms with Gasteiger partial charge in [0.05, 0.1) is 17.1 Å². The number of piperidine rings is 1. The normalized spacial score (nSPS) is 20.7. The first-order valence-electron chi connectivity index (χ1n) is 9.53. The Morgan fingerprint density at radius 3 is 2.50 bits per heavy atom. The van der Waals surface area contributed by atoms with Crippen LogP contribution < -0.4 is 0 Å². The van der Waals surface area contributed by atoms with Crippen LogP contribution in [-0.4, -0.2) is 48.7 Å². The van der Waals surface area contributed by atoms with E-state index in [1.54, 1.807) is 40.6 Å². The molecular formula is C21H27N3O3S. The van der Waals surface area contributed by atoms with Crippen LogP contribution in [0.2, 0.25) is 0 Å². The van der Waals surface area contributed by atoms with E-state index in [0.717, 1.165) is 12.1 Å². The van der Waals surface area contributed by atoms with Crippen molar-refractivity contribution in [3.63, 3.8) is 0 Å². The molecule has 0 aliphatic carbocycles. The van der Waals surface area contributed by atoms with Crippen LogP contribution in [0.4, 0.5) is 0 Å². The Hall–Kier alpha value is -2.25. The second-order valence-corrected chi connectivity index (χ2v) is 9.72. The predicted octanol–water partition coefficient (Wildman–Crippen LogP) is 3.02. The molecule has 150 valence electrons. The van der Waals surface area contributed by atoms with Crippen LogP contribution in [0.1, 0.15) is 36.3 Å². The second-order valence-electron chi connectivity index (χ2n) is 7.78. The first kappa shape index (κ1) is 20.5. The van der Waals surface area contributed by atoms with Gasteiger partial charge in [-0.1, -0.05) is 26.0 Å². The Kier molecular flexibility index (Phi) is 6.15. The topological polar surface area (TPSA) is 70.6 Å². The molecule has 1 fully saturated rings. The van der Waals surface area contributed by atoms with E-state index >= 15 is 0 Å². The zero-order chi connectivity index (χ0) is 20.3. The molecule has 7 heteroatoms. The summed E-state index contributed by atoms with van der Waals surface area (Å²) in [6.45, 7) is 5.54. The highest BCUT2D eigenvalue weighted by Gasteiger charge is 2.32. The van der Waals surface area contributed by atoms with Crippen molar-refractivity contribution >= 4 is 15.9 Å². The van der Waals surface area contributed by atoms with Crippen molar-refractivity contribution in [2.75, 3.05) is 20.1 Å². The Morgan fingerprint density at radius 2 is 1.86 bits per heavy atom. The van der Waals surface area contributed by atoms with E-state index < -0.39 is 10.0 Å². The van der Waals surface area contributed by atoms with Crippen LogP contribution in [0.25, 0.3) is 0 Å². The number of hydrogen-bond acceptors (Lipinski definition) is 4. The lowest BCUT2D eigenvalue weighted by Crippen LogP contribution is -2.42. The van der Waals surface area contributed by atoms with Gasteiger partial charge >= 0.3 is 0 Å². The van der Waals surface area contributed by atoms with E-state index in [1.165, 1.54) is 6.07 Å². The van der Waals surface area contributed by atoms with Crippen LogP contribution in [0.3, 0.4) is 0 Å². The van der Waals surface area contributed by atoms with E-state index in [1.807, 2.05) is 18.2 Å². The van der Waals surface area contributed by atoms with Gasteiger partial charge in [0.15, 0.2) is 0 Å². The lowest BCUT2D eigenvalue weighted by atomic mass is 9.94. The largest absolute Gasteiger partial charge is 0.336 e. The van der Waals surface area contributed by atoms with Gasteiger partial charge in [-0.3, -0.25) is 9.78 Å². The molecule has 0 spiro atoms. The Balaban J connectivity index is 1.80. The molecule has 0 bridgehead atoms. The molecule has 28 heavy (non-hydrogen) atoms. The molecule has 6 nitrogen and oxygen atoms in total. The quantitative estimate of drug-likeness (QED) is 0.772. The fraction of sp³-hybridized carbons (Fsp3) is 0.429. The molecule has 0 radical (unpaired) electrons. The van der Waals surface area contributed by atoms with E-state index in [4.69, 9.17) is 0 Å². The maximum absolute atomic E-state index is 13.1. The summed E-state index contributed by atoms with van der Waals surface area (Å²) in [5, 5.41) is 0. The summed E-state index contributed by atoms with van der Waals surface area (Å²) in [6.07, 6.45) is 2.71. The maximum atomic E-state index is 13.1. The lowest BCUT2D eigenvalue weighted by molar-refractivity contribution is 0.0783. The average Bonchev–Trinajstić information content (AvgIpc) is 2.67. The third kappa shape index (κ3) is 4.59. The Morgan fingerprint density at radius 1 is 1.14 bits per heavy atom. The van der Waals surface area contributed by atoms with Gasteiger partial charge in [-0.15, -0.1) is 0 Å². The molecule has 1 aliphatic heterocycles. The number of aromatic nitrogens is 1. The molecule has 2 atom stereocenters. The highest BCUT2D eigenvalue weighted by molar-refractivity contribution is 7.89. The molecule has 1 aromatic carbocycles. The van der Waals surface area contributed by atoms with Gasteiger partial charge in [0.2, 0.25) is 10.0 Å². The standard InChI is InChI=1S/C21H27N3O3S/c1-16-11-17(2)14-24(13-16)28(26,27)20-9-6-7-18(12-20)21(25)23(3)15-19-8-4-5-10-22-19/h4-10,12,16-17H,11,13-15H2,1-3H3. The van der Waals surface area contributed by atoms with Crippen molar-refractivity contribution in [2.45, 2.75) is 31.7 Å². The molecule has 2 unspecified atom stereocenters. The summed E-state index contributed by atoms with van der Waals surface area (Å²) in [5.41, 5.74) is 1.14. The Labute approximate surface area is 167 Å². The van der Waals surface area contributed by atoms with E-state index in [2.05, 4.69) is 18.8 Å². The summed E-state index contributed by atoms with van der Waals surface area (Å²) in [5.74, 6) is 0.420. The van der Waals surface area contributed by atoms with Gasteiger partial charge < -0.3 is 4.90 Å². The van der Waals surface area contributed by atoms with E-state index in [0.29, 0.717) is 37.0 Å². The monoisotopic (exact) mass is 401 g/mol. The third-order valence-electron chi connectivity index (χ3n) is 5.03. The molecule has 0 saturated carbocycles. The Bertz CT molecular complexity index is 921. The van der Waals surface area contributed by atoms with Crippen molar-refractivity contribution in [3.05, 3.63) is 59.9 Å². The molecule has 1 amide bonds. The molecule has 2 aromatic rings. The van der Waals surface area contributed by atoms with Gasteiger partial charge in [0, 0.05) is 31.9 Å². The van der Waals surface area contributed by atoms with Gasteiger partial charge in [0.25, 0.3) is 5.91 Å². The van der Waals surface area contributed by atoms with Gasteiger partial charge in [0.1, 0.15) is 0 Å². The molecule has 0 N–H and O–H groups in total. The van der Waals surface area contributed by atoms with Crippen LogP contribution in [-0.2, 0) is 16.6 Å². The number of amides is 1. The smallest absolute Gasteiger partial charge is 0.253 e. The molecule has 1 aromatic heterocycles. The summed E-state index contributed by atoms with van der Waals surface area (Å²) in [6, 6.07) is 11.9. The lowest BCUT2D eigenvalue weighted by Gasteiger charge is -2.34. The maximum Gasteiger partial charge on any atom is 0.253 e. The molecular weight excluding hydrogens is 374 g/mol. The number of rotatable bonds is 5. The van der Waals surface area contributed by atoms with Crippen molar-refractivity contribution in [2.24, 2.45) is 11.8 Å². The van der Waals surface area contributed by atoms with Crippen LogP contribution >= 0.6 is 0 Å². The van der Waals surface area contributed by atoms with E-state index in [-0.39, 0.29) is 10.8 Å². The van der Waals surface area contributed by atoms with Gasteiger partial charge in [-0.2, -0.15) is 4.31 Å². The molecule has 2 heterocycles. The second kappa shape index (κ2) is 8.41. The zero-order valence-corrected chi connectivity index (χ0v) is 17.4. The number of pyridine rings is 1. The van der Waals surface area contributed by atoms with Crippen molar-refractivity contribution in [1.29, 1.82) is 0 Å². The number of nitrogens with zero attached hydrogens (tertiary/aromatic N) is 3. The van der Waals surface area contributed by atoms with Crippen LogP contribution in [0, 0.1) is 11.8 Å². The molecule has 1 aliphatic rings. The molecule has 1 saturated heterocycles. The number of sulfonamides is 1. The summed E-state index contributed by atoms with van der Waals surface area (Å²) >= 11 is 0. The minimum absolute atomic E-state index is 0.172. The van der Waals surface area contributed by atoms with Gasteiger partial charge in [-0.05, 0) is 48.6 Å². The minimum Gasteiger partial charge on any atom is -0.336 e. The fourth-order valence-electron chi connectivity index (χ4n) is 3.77. The number of benzene rings is 1. The summed E-state index contributed by atoms with van der Waals surface area (Å²) < 4.78 is 27.8. The van der Waals surface area contributed by atoms with E-state index in [9.17, 15) is 13.2 Å². The fourth-order valence-corrected chi connectivity index (χ4v) is 5.49. The first-order valence-corrected chi connectivity index (χ1v) is 11.0. The highest BCUT2D eigenvalue weighted by Crippen LogP contribution is 2.27. The van der Waals surface area contributed by atoms with Crippen molar-refractivity contribution in [3.8, 4) is 0 Å². The predicted molar refractivity (Wildman–Crippen MR) is 108 cm³/mol. The first-order chi connectivity index (χ1) is 13.3. The summed E-state index contributed by atoms with van der Waals surface area (Å²) in [7, 11) is -1.93. The average molecular weight is 402 g/mol. The van der Waals surface area contributed by atoms with Crippen LogP contribution in [0.5, 0.6) is 0 Å². The zero-order valence-electron chi connectivity index (χ0n) is 16.6. The summed E-state index contributed by atoms with van der Waals surface area (Å²) in [4.78, 5) is 18.7. The SMILES string of the molecule is CC1CC(C)CN(S(=O)(=O)c2cccc(C(=O)N(C)Cc3ccccn3)c2)C1. The van der Waals surface area contributed by atoms with Crippen molar-refractivity contribution < 1.29 is 13.2 Å². The number of hydrogen-bond donors (Lipinski definition) is 0. The van der Waals surface area contributed by atoms with Gasteiger partial charge in [-0.25, -0.2) is 8.42 Å². The molecule has 3 rings (SSSR count). The highest BCUT2D eigenvalue weighted by atomic mass is 32.2. The minimum atomic E-state index is -3.62. The van der Waals surface area contributed by atoms with Crippen LogP contribution in [0.15, 0.2) is 53.6 Å². The third-order valence-corrected chi connectivity index (χ3v) is 6.85.